The van der Waals surface area contributed by atoms with Crippen molar-refractivity contribution in [1.29, 1.82) is 0 Å². The van der Waals surface area contributed by atoms with E-state index in [1.807, 2.05) is 24.3 Å². The largest absolute Gasteiger partial charge is 0.484 e. The minimum atomic E-state index is -0.564. The first-order valence-electron chi connectivity index (χ1n) is 7.38. The summed E-state index contributed by atoms with van der Waals surface area (Å²) in [6.45, 7) is 3.97. The van der Waals surface area contributed by atoms with Gasteiger partial charge in [0.25, 0.3) is 11.8 Å². The summed E-state index contributed by atoms with van der Waals surface area (Å²) >= 11 is 0. The van der Waals surface area contributed by atoms with Crippen LogP contribution in [0.25, 0.3) is 0 Å². The molecule has 23 heavy (non-hydrogen) atoms. The first-order valence-corrected chi connectivity index (χ1v) is 7.38. The van der Waals surface area contributed by atoms with E-state index in [1.54, 1.807) is 24.3 Å². The standard InChI is InChI=1S/C18H20N2O3/c1-12(2)13-5-3-7-15(9-13)20-18(22)14-6-4-8-16(10-14)23-11-17(19)21/h3-10,12H,11H2,1-2H3,(H2,19,21)(H,20,22). The predicted molar refractivity (Wildman–Crippen MR) is 89.6 cm³/mol. The molecule has 0 spiro atoms. The van der Waals surface area contributed by atoms with E-state index in [4.69, 9.17) is 10.5 Å². The highest BCUT2D eigenvalue weighted by molar-refractivity contribution is 6.04. The minimum Gasteiger partial charge on any atom is -0.484 e. The molecule has 0 aliphatic heterocycles. The number of hydrogen-bond acceptors (Lipinski definition) is 3. The fourth-order valence-electron chi connectivity index (χ4n) is 2.06. The molecular formula is C18H20N2O3. The van der Waals surface area contributed by atoms with Gasteiger partial charge in [0.15, 0.2) is 6.61 Å². The number of hydrogen-bond donors (Lipinski definition) is 2. The van der Waals surface area contributed by atoms with E-state index in [0.29, 0.717) is 17.2 Å². The molecule has 5 nitrogen and oxygen atoms in total. The van der Waals surface area contributed by atoms with Crippen LogP contribution >= 0.6 is 0 Å². The average molecular weight is 312 g/mol. The highest BCUT2D eigenvalue weighted by Gasteiger charge is 2.09. The van der Waals surface area contributed by atoms with Gasteiger partial charge in [-0.25, -0.2) is 0 Å². The Balaban J connectivity index is 2.10. The maximum Gasteiger partial charge on any atom is 0.255 e. The molecule has 0 atom stereocenters. The highest BCUT2D eigenvalue weighted by atomic mass is 16.5. The summed E-state index contributed by atoms with van der Waals surface area (Å²) in [7, 11) is 0. The quantitative estimate of drug-likeness (QED) is 0.860. The molecule has 2 aromatic rings. The zero-order valence-corrected chi connectivity index (χ0v) is 13.2. The van der Waals surface area contributed by atoms with Gasteiger partial charge in [-0.15, -0.1) is 0 Å². The SMILES string of the molecule is CC(C)c1cccc(NC(=O)c2cccc(OCC(N)=O)c2)c1. The van der Waals surface area contributed by atoms with Crippen LogP contribution in [0.5, 0.6) is 5.75 Å². The molecular weight excluding hydrogens is 292 g/mol. The summed E-state index contributed by atoms with van der Waals surface area (Å²) in [5, 5.41) is 2.86. The van der Waals surface area contributed by atoms with E-state index >= 15 is 0 Å². The van der Waals surface area contributed by atoms with E-state index in [1.165, 1.54) is 0 Å². The van der Waals surface area contributed by atoms with E-state index in [0.717, 1.165) is 11.3 Å². The Hall–Kier alpha value is -2.82. The molecule has 0 heterocycles. The number of nitrogens with one attached hydrogen (secondary N) is 1. The lowest BCUT2D eigenvalue weighted by Gasteiger charge is -2.10. The molecule has 2 amide bonds. The second-order valence-corrected chi connectivity index (χ2v) is 5.52. The Morgan fingerprint density at radius 2 is 1.87 bits per heavy atom. The van der Waals surface area contributed by atoms with Crippen molar-refractivity contribution in [3.63, 3.8) is 0 Å². The van der Waals surface area contributed by atoms with Gasteiger partial charge in [0.2, 0.25) is 0 Å². The van der Waals surface area contributed by atoms with Gasteiger partial charge in [-0.2, -0.15) is 0 Å². The van der Waals surface area contributed by atoms with Crippen molar-refractivity contribution in [1.82, 2.24) is 0 Å². The van der Waals surface area contributed by atoms with Gasteiger partial charge >= 0.3 is 0 Å². The van der Waals surface area contributed by atoms with E-state index in [2.05, 4.69) is 19.2 Å². The van der Waals surface area contributed by atoms with Crippen LogP contribution in [0.15, 0.2) is 48.5 Å². The summed E-state index contributed by atoms with van der Waals surface area (Å²) in [5.74, 6) is 0.00514. The van der Waals surface area contributed by atoms with Gasteiger partial charge < -0.3 is 15.8 Å². The third kappa shape index (κ3) is 4.85. The molecule has 0 saturated heterocycles. The summed E-state index contributed by atoms with van der Waals surface area (Å²) in [5.41, 5.74) is 7.38. The van der Waals surface area contributed by atoms with Gasteiger partial charge in [-0.1, -0.05) is 32.0 Å². The number of rotatable bonds is 6. The Morgan fingerprint density at radius 3 is 2.57 bits per heavy atom. The predicted octanol–water partition coefficient (Wildman–Crippen LogP) is 2.93. The number of carbonyl (C=O) groups excluding carboxylic acids is 2. The van der Waals surface area contributed by atoms with Crippen molar-refractivity contribution in [2.45, 2.75) is 19.8 Å². The summed E-state index contributed by atoms with van der Waals surface area (Å²) < 4.78 is 5.20. The molecule has 0 unspecified atom stereocenters. The second kappa shape index (κ2) is 7.45. The number of anilines is 1. The summed E-state index contributed by atoms with van der Waals surface area (Å²) in [4.78, 5) is 23.1. The monoisotopic (exact) mass is 312 g/mol. The lowest BCUT2D eigenvalue weighted by Crippen LogP contribution is -2.20. The van der Waals surface area contributed by atoms with Crippen LogP contribution in [0.2, 0.25) is 0 Å². The van der Waals surface area contributed by atoms with E-state index in [-0.39, 0.29) is 12.5 Å². The van der Waals surface area contributed by atoms with Crippen LogP contribution in [-0.2, 0) is 4.79 Å². The van der Waals surface area contributed by atoms with Crippen molar-refractivity contribution >= 4 is 17.5 Å². The van der Waals surface area contributed by atoms with E-state index in [9.17, 15) is 9.59 Å². The first-order chi connectivity index (χ1) is 11.0. The Morgan fingerprint density at radius 1 is 1.13 bits per heavy atom. The molecule has 0 aromatic heterocycles. The van der Waals surface area contributed by atoms with Crippen LogP contribution in [0.1, 0.15) is 35.7 Å². The smallest absolute Gasteiger partial charge is 0.255 e. The van der Waals surface area contributed by atoms with Crippen LogP contribution in [0.4, 0.5) is 5.69 Å². The number of primary amides is 1. The normalized spacial score (nSPS) is 10.4. The van der Waals surface area contributed by atoms with Gasteiger partial charge in [0.05, 0.1) is 0 Å². The molecule has 120 valence electrons. The minimum absolute atomic E-state index is 0.221. The molecule has 0 aliphatic carbocycles. The Labute approximate surface area is 135 Å². The first kappa shape index (κ1) is 16.5. The van der Waals surface area contributed by atoms with Crippen molar-refractivity contribution in [3.05, 3.63) is 59.7 Å². The molecule has 0 radical (unpaired) electrons. The number of carbonyl (C=O) groups is 2. The average Bonchev–Trinajstić information content (AvgIpc) is 2.53. The molecule has 0 fully saturated rings. The molecule has 0 bridgehead atoms. The maximum atomic E-state index is 12.3. The molecule has 0 aliphatic rings. The van der Waals surface area contributed by atoms with Crippen LogP contribution in [0.3, 0.4) is 0 Å². The summed E-state index contributed by atoms with van der Waals surface area (Å²) in [6, 6.07) is 14.3. The fourth-order valence-corrected chi connectivity index (χ4v) is 2.06. The Bertz CT molecular complexity index is 711. The molecule has 2 aromatic carbocycles. The maximum absolute atomic E-state index is 12.3. The lowest BCUT2D eigenvalue weighted by molar-refractivity contribution is -0.119. The van der Waals surface area contributed by atoms with Gasteiger partial charge in [0.1, 0.15) is 5.75 Å². The van der Waals surface area contributed by atoms with Gasteiger partial charge in [0, 0.05) is 11.3 Å². The number of benzene rings is 2. The van der Waals surface area contributed by atoms with Crippen molar-refractivity contribution < 1.29 is 14.3 Å². The van der Waals surface area contributed by atoms with Crippen molar-refractivity contribution in [2.75, 3.05) is 11.9 Å². The van der Waals surface area contributed by atoms with Gasteiger partial charge in [-0.3, -0.25) is 9.59 Å². The zero-order chi connectivity index (χ0) is 16.8. The fraction of sp³-hybridized carbons (Fsp3) is 0.222. The number of amides is 2. The number of ether oxygens (including phenoxy) is 1. The van der Waals surface area contributed by atoms with Crippen molar-refractivity contribution in [3.8, 4) is 5.75 Å². The second-order valence-electron chi connectivity index (χ2n) is 5.52. The lowest BCUT2D eigenvalue weighted by atomic mass is 10.0. The van der Waals surface area contributed by atoms with E-state index < -0.39 is 5.91 Å². The molecule has 2 rings (SSSR count). The molecule has 3 N–H and O–H groups in total. The third-order valence-corrected chi connectivity index (χ3v) is 3.29. The van der Waals surface area contributed by atoms with Crippen LogP contribution in [-0.4, -0.2) is 18.4 Å². The zero-order valence-electron chi connectivity index (χ0n) is 13.2. The van der Waals surface area contributed by atoms with Gasteiger partial charge in [-0.05, 0) is 41.8 Å². The topological polar surface area (TPSA) is 81.4 Å². The van der Waals surface area contributed by atoms with Crippen LogP contribution in [0, 0.1) is 0 Å². The Kier molecular flexibility index (Phi) is 5.36. The highest BCUT2D eigenvalue weighted by Crippen LogP contribution is 2.20. The number of nitrogens with two attached hydrogens (primary N) is 1. The summed E-state index contributed by atoms with van der Waals surface area (Å²) in [6.07, 6.45) is 0. The van der Waals surface area contributed by atoms with Crippen LogP contribution < -0.4 is 15.8 Å². The van der Waals surface area contributed by atoms with Crippen molar-refractivity contribution in [2.24, 2.45) is 5.73 Å². The molecule has 0 saturated carbocycles. The third-order valence-electron chi connectivity index (χ3n) is 3.29. The molecule has 5 heteroatoms.